The Morgan fingerprint density at radius 3 is 2.86 bits per heavy atom. The quantitative estimate of drug-likeness (QED) is 0.882. The summed E-state index contributed by atoms with van der Waals surface area (Å²) in [5.41, 5.74) is 0.185. The number of carboxylic acid groups (broad SMARTS) is 1. The summed E-state index contributed by atoms with van der Waals surface area (Å²) in [6.45, 7) is 0.980. The van der Waals surface area contributed by atoms with Crippen molar-refractivity contribution in [2.45, 2.75) is 19.3 Å². The first kappa shape index (κ1) is 15.2. The van der Waals surface area contributed by atoms with E-state index in [-0.39, 0.29) is 35.3 Å². The maximum absolute atomic E-state index is 12.5. The van der Waals surface area contributed by atoms with Gasteiger partial charge in [-0.1, -0.05) is 6.07 Å². The second kappa shape index (κ2) is 6.47. The zero-order valence-electron chi connectivity index (χ0n) is 11.9. The molecule has 0 aromatic heterocycles. The maximum Gasteiger partial charge on any atom is 0.303 e. The third-order valence-corrected chi connectivity index (χ3v) is 3.72. The molecule has 2 rings (SSSR count). The van der Waals surface area contributed by atoms with Crippen molar-refractivity contribution >= 4 is 11.9 Å². The molecule has 1 amide bonds. The largest absolute Gasteiger partial charge is 0.504 e. The van der Waals surface area contributed by atoms with Crippen LogP contribution >= 0.6 is 0 Å². The normalized spacial score (nSPS) is 18.3. The highest BCUT2D eigenvalue weighted by atomic mass is 16.5. The molecule has 1 saturated heterocycles. The molecular formula is C15H19NO5. The number of carboxylic acids is 1. The predicted molar refractivity (Wildman–Crippen MR) is 75.5 cm³/mol. The first-order valence-electron chi connectivity index (χ1n) is 6.90. The number of carbonyl (C=O) groups is 2. The van der Waals surface area contributed by atoms with Crippen LogP contribution in [0.2, 0.25) is 0 Å². The number of benzene rings is 1. The molecule has 2 N–H and O–H groups in total. The molecule has 6 heteroatoms. The van der Waals surface area contributed by atoms with E-state index in [4.69, 9.17) is 9.84 Å². The number of piperidine rings is 1. The fourth-order valence-electron chi connectivity index (χ4n) is 2.69. The van der Waals surface area contributed by atoms with E-state index in [1.165, 1.54) is 7.11 Å². The first-order valence-corrected chi connectivity index (χ1v) is 6.90. The molecule has 1 heterocycles. The minimum absolute atomic E-state index is 0.0343. The van der Waals surface area contributed by atoms with E-state index in [0.29, 0.717) is 13.1 Å². The van der Waals surface area contributed by atoms with Gasteiger partial charge in [0, 0.05) is 19.5 Å². The van der Waals surface area contributed by atoms with Crippen LogP contribution < -0.4 is 4.74 Å². The van der Waals surface area contributed by atoms with Crippen molar-refractivity contribution in [3.8, 4) is 11.5 Å². The number of likely N-dealkylation sites (tertiary alicyclic amines) is 1. The molecule has 1 atom stereocenters. The molecule has 0 radical (unpaired) electrons. The molecule has 1 fully saturated rings. The van der Waals surface area contributed by atoms with Gasteiger partial charge in [-0.2, -0.15) is 0 Å². The van der Waals surface area contributed by atoms with Gasteiger partial charge in [0.2, 0.25) is 0 Å². The topological polar surface area (TPSA) is 87.1 Å². The van der Waals surface area contributed by atoms with Crippen LogP contribution in [-0.2, 0) is 4.79 Å². The van der Waals surface area contributed by atoms with Crippen molar-refractivity contribution in [3.05, 3.63) is 23.8 Å². The van der Waals surface area contributed by atoms with Gasteiger partial charge in [-0.3, -0.25) is 9.59 Å². The van der Waals surface area contributed by atoms with Crippen LogP contribution in [0.5, 0.6) is 11.5 Å². The van der Waals surface area contributed by atoms with Crippen molar-refractivity contribution in [1.82, 2.24) is 4.90 Å². The van der Waals surface area contributed by atoms with Gasteiger partial charge in [0.25, 0.3) is 5.91 Å². The summed E-state index contributed by atoms with van der Waals surface area (Å²) >= 11 is 0. The predicted octanol–water partition coefficient (Wildman–Crippen LogP) is 1.73. The van der Waals surface area contributed by atoms with E-state index in [9.17, 15) is 14.7 Å². The second-order valence-corrected chi connectivity index (χ2v) is 5.21. The molecule has 1 aromatic rings. The number of amides is 1. The summed E-state index contributed by atoms with van der Waals surface area (Å²) in [4.78, 5) is 24.9. The van der Waals surface area contributed by atoms with Gasteiger partial charge >= 0.3 is 5.97 Å². The number of para-hydroxylation sites is 1. The fourth-order valence-corrected chi connectivity index (χ4v) is 2.69. The maximum atomic E-state index is 12.5. The first-order chi connectivity index (χ1) is 10.0. The van der Waals surface area contributed by atoms with E-state index in [1.807, 2.05) is 0 Å². The Bertz CT molecular complexity index is 543. The van der Waals surface area contributed by atoms with Crippen LogP contribution in [0.25, 0.3) is 0 Å². The Kier molecular flexibility index (Phi) is 4.67. The number of aliphatic carboxylic acids is 1. The fraction of sp³-hybridized carbons (Fsp3) is 0.467. The van der Waals surface area contributed by atoms with Crippen molar-refractivity contribution in [3.63, 3.8) is 0 Å². The SMILES string of the molecule is COc1cccc(C(=O)N2CCCC(CC(=O)O)C2)c1O. The van der Waals surface area contributed by atoms with Gasteiger partial charge in [0.05, 0.1) is 12.7 Å². The lowest BCUT2D eigenvalue weighted by Crippen LogP contribution is -2.40. The standard InChI is InChI=1S/C15H19NO5/c1-21-12-6-2-5-11(14(12)19)15(20)16-7-3-4-10(9-16)8-13(17)18/h2,5-6,10,19H,3-4,7-9H2,1H3,(H,17,18). The molecule has 6 nitrogen and oxygen atoms in total. The van der Waals surface area contributed by atoms with Crippen molar-refractivity contribution < 1.29 is 24.5 Å². The van der Waals surface area contributed by atoms with Crippen LogP contribution in [0.3, 0.4) is 0 Å². The molecule has 1 aromatic carbocycles. The van der Waals surface area contributed by atoms with Crippen LogP contribution in [0.15, 0.2) is 18.2 Å². The molecule has 1 aliphatic rings. The lowest BCUT2D eigenvalue weighted by atomic mass is 9.94. The number of ether oxygens (including phenoxy) is 1. The van der Waals surface area contributed by atoms with Crippen LogP contribution in [0.4, 0.5) is 0 Å². The number of nitrogens with zero attached hydrogens (tertiary/aromatic N) is 1. The van der Waals surface area contributed by atoms with Gasteiger partial charge in [0.15, 0.2) is 11.5 Å². The summed E-state index contributed by atoms with van der Waals surface area (Å²) < 4.78 is 5.00. The second-order valence-electron chi connectivity index (χ2n) is 5.21. The van der Waals surface area contributed by atoms with Crippen LogP contribution in [0, 0.1) is 5.92 Å². The molecule has 0 spiro atoms. The Morgan fingerprint density at radius 2 is 2.19 bits per heavy atom. The van der Waals surface area contributed by atoms with Gasteiger partial charge in [-0.05, 0) is 30.9 Å². The number of carbonyl (C=O) groups excluding carboxylic acids is 1. The van der Waals surface area contributed by atoms with E-state index in [0.717, 1.165) is 12.8 Å². The van der Waals surface area contributed by atoms with Crippen LogP contribution in [0.1, 0.15) is 29.6 Å². The number of phenolic OH excluding ortho intramolecular Hbond substituents is 1. The van der Waals surface area contributed by atoms with E-state index >= 15 is 0 Å². The Labute approximate surface area is 122 Å². The number of rotatable bonds is 4. The molecule has 21 heavy (non-hydrogen) atoms. The minimum Gasteiger partial charge on any atom is -0.504 e. The van der Waals surface area contributed by atoms with Crippen molar-refractivity contribution in [2.24, 2.45) is 5.92 Å². The molecular weight excluding hydrogens is 274 g/mol. The highest BCUT2D eigenvalue weighted by Gasteiger charge is 2.27. The third kappa shape index (κ3) is 3.45. The Balaban J connectivity index is 2.14. The van der Waals surface area contributed by atoms with Gasteiger partial charge in [-0.15, -0.1) is 0 Å². The zero-order valence-corrected chi connectivity index (χ0v) is 11.9. The Morgan fingerprint density at radius 1 is 1.43 bits per heavy atom. The third-order valence-electron chi connectivity index (χ3n) is 3.72. The van der Waals surface area contributed by atoms with Gasteiger partial charge < -0.3 is 19.8 Å². The zero-order chi connectivity index (χ0) is 15.4. The van der Waals surface area contributed by atoms with Crippen LogP contribution in [-0.4, -0.2) is 47.2 Å². The molecule has 114 valence electrons. The molecule has 0 saturated carbocycles. The average Bonchev–Trinajstić information content (AvgIpc) is 2.46. The lowest BCUT2D eigenvalue weighted by molar-refractivity contribution is -0.138. The smallest absolute Gasteiger partial charge is 0.303 e. The minimum atomic E-state index is -0.849. The number of hydrogen-bond acceptors (Lipinski definition) is 4. The summed E-state index contributed by atoms with van der Waals surface area (Å²) in [6, 6.07) is 4.76. The molecule has 0 aliphatic carbocycles. The van der Waals surface area contributed by atoms with E-state index in [2.05, 4.69) is 0 Å². The molecule has 0 bridgehead atoms. The van der Waals surface area contributed by atoms with E-state index < -0.39 is 5.97 Å². The Hall–Kier alpha value is -2.24. The monoisotopic (exact) mass is 293 g/mol. The van der Waals surface area contributed by atoms with Gasteiger partial charge in [0.1, 0.15) is 0 Å². The highest BCUT2D eigenvalue weighted by Crippen LogP contribution is 2.31. The van der Waals surface area contributed by atoms with Gasteiger partial charge in [-0.25, -0.2) is 0 Å². The average molecular weight is 293 g/mol. The number of hydrogen-bond donors (Lipinski definition) is 2. The number of methoxy groups -OCH3 is 1. The number of phenols is 1. The van der Waals surface area contributed by atoms with E-state index in [1.54, 1.807) is 23.1 Å². The molecule has 1 aliphatic heterocycles. The van der Waals surface area contributed by atoms with Crippen molar-refractivity contribution in [2.75, 3.05) is 20.2 Å². The summed E-state index contributed by atoms with van der Waals surface area (Å²) in [5, 5.41) is 18.9. The molecule has 1 unspecified atom stereocenters. The number of aromatic hydroxyl groups is 1. The van der Waals surface area contributed by atoms with Crippen molar-refractivity contribution in [1.29, 1.82) is 0 Å². The summed E-state index contributed by atoms with van der Waals surface area (Å²) in [7, 11) is 1.42. The highest BCUT2D eigenvalue weighted by molar-refractivity contribution is 5.97. The summed E-state index contributed by atoms with van der Waals surface area (Å²) in [6.07, 6.45) is 1.64. The summed E-state index contributed by atoms with van der Waals surface area (Å²) in [5.74, 6) is -1.10. The lowest BCUT2D eigenvalue weighted by Gasteiger charge is -2.32.